The molecule has 184 valence electrons. The second kappa shape index (κ2) is 11.0. The lowest BCUT2D eigenvalue weighted by molar-refractivity contribution is -0.142. The molecule has 3 rings (SSSR count). The van der Waals surface area contributed by atoms with E-state index in [2.05, 4.69) is 45.1 Å². The molecule has 33 heavy (non-hydrogen) atoms. The van der Waals surface area contributed by atoms with E-state index in [1.54, 1.807) is 6.20 Å². The predicted molar refractivity (Wildman–Crippen MR) is 122 cm³/mol. The molecular weight excluding hydrogens is 455 g/mol. The van der Waals surface area contributed by atoms with Crippen LogP contribution in [0.15, 0.2) is 16.7 Å². The van der Waals surface area contributed by atoms with E-state index >= 15 is 0 Å². The Hall–Kier alpha value is -2.57. The predicted octanol–water partition coefficient (Wildman–Crippen LogP) is 0.953. The lowest BCUT2D eigenvalue weighted by Gasteiger charge is -2.15. The number of phosphoric ester groups is 1. The van der Waals surface area contributed by atoms with Crippen LogP contribution in [0.25, 0.3) is 17.4 Å². The molecule has 1 aliphatic rings. The number of rotatable bonds is 9. The van der Waals surface area contributed by atoms with Crippen molar-refractivity contribution < 1.29 is 28.4 Å². The lowest BCUT2D eigenvalue weighted by atomic mass is 10.1. The Morgan fingerprint density at radius 2 is 1.97 bits per heavy atom. The first-order valence-electron chi connectivity index (χ1n) is 10.4. The lowest BCUT2D eigenvalue weighted by Crippen LogP contribution is -2.21. The minimum atomic E-state index is -4.68. The van der Waals surface area contributed by atoms with Crippen molar-refractivity contribution in [2.75, 3.05) is 38.6 Å². The maximum Gasteiger partial charge on any atom is 0.469 e. The first-order chi connectivity index (χ1) is 15.4. The van der Waals surface area contributed by atoms with E-state index < -0.39 is 24.8 Å². The number of hydrogen-bond donors (Lipinski definition) is 4. The van der Waals surface area contributed by atoms with Crippen LogP contribution in [0.4, 0.5) is 5.95 Å². The molecule has 2 aromatic heterocycles. The Morgan fingerprint density at radius 3 is 2.48 bits per heavy atom. The van der Waals surface area contributed by atoms with Gasteiger partial charge in [0.05, 0.1) is 12.0 Å². The van der Waals surface area contributed by atoms with Gasteiger partial charge in [0.25, 0.3) is 5.56 Å². The third-order valence-corrected chi connectivity index (χ3v) is 5.70. The number of aromatic amines is 1. The number of imidazole rings is 1. The second-order valence-corrected chi connectivity index (χ2v) is 8.79. The fourth-order valence-electron chi connectivity index (χ4n) is 3.16. The molecule has 0 aromatic carbocycles. The van der Waals surface area contributed by atoms with Gasteiger partial charge in [-0.05, 0) is 31.6 Å². The number of nitrogen functional groups attached to an aromatic ring is 1. The fraction of sp³-hybridized carbons (Fsp3) is 0.579. The monoisotopic (exact) mass is 486 g/mol. The number of aromatic nitrogens is 4. The summed E-state index contributed by atoms with van der Waals surface area (Å²) in [7, 11) is -4.68. The molecule has 0 radical (unpaired) electrons. The Kier molecular flexibility index (Phi) is 8.92. The maximum atomic E-state index is 11.8. The molecule has 2 heterocycles. The summed E-state index contributed by atoms with van der Waals surface area (Å²) >= 11 is 0. The third-order valence-electron chi connectivity index (χ3n) is 5.23. The van der Waals surface area contributed by atoms with Crippen LogP contribution in [0.1, 0.15) is 34.1 Å². The first-order valence-corrected chi connectivity index (χ1v) is 12.0. The van der Waals surface area contributed by atoms with E-state index in [9.17, 15) is 14.2 Å². The van der Waals surface area contributed by atoms with E-state index in [0.717, 1.165) is 0 Å². The van der Waals surface area contributed by atoms with Crippen LogP contribution < -0.4 is 11.3 Å². The Morgan fingerprint density at radius 1 is 1.33 bits per heavy atom. The van der Waals surface area contributed by atoms with Crippen molar-refractivity contribution >= 4 is 37.1 Å². The van der Waals surface area contributed by atoms with Gasteiger partial charge in [0.2, 0.25) is 5.95 Å². The number of anilines is 1. The van der Waals surface area contributed by atoms with Crippen LogP contribution in [0, 0.1) is 5.41 Å². The quantitative estimate of drug-likeness (QED) is 0.292. The molecule has 14 heteroatoms. The number of nitrogens with one attached hydrogen (secondary N) is 1. The normalized spacial score (nSPS) is 18.9. The molecule has 0 saturated heterocycles. The molecule has 0 spiro atoms. The van der Waals surface area contributed by atoms with E-state index in [0.29, 0.717) is 12.0 Å². The second-order valence-electron chi connectivity index (χ2n) is 7.55. The van der Waals surface area contributed by atoms with E-state index in [-0.39, 0.29) is 30.3 Å². The van der Waals surface area contributed by atoms with Crippen LogP contribution in [0.5, 0.6) is 0 Å². The average molecular weight is 486 g/mol. The van der Waals surface area contributed by atoms with Gasteiger partial charge < -0.3 is 25.2 Å². The van der Waals surface area contributed by atoms with Crippen molar-refractivity contribution in [1.82, 2.24) is 24.4 Å². The summed E-state index contributed by atoms with van der Waals surface area (Å²) in [6.45, 7) is 10.9. The van der Waals surface area contributed by atoms with Crippen molar-refractivity contribution in [3.05, 3.63) is 22.3 Å². The number of fused-ring (bicyclic) bond motifs is 1. The van der Waals surface area contributed by atoms with Gasteiger partial charge in [0, 0.05) is 13.1 Å². The van der Waals surface area contributed by atoms with Gasteiger partial charge in [-0.15, -0.1) is 0 Å². The number of carbonyl (C=O) groups is 1. The standard InChI is InChI=1S/C13H16N5O7P.C6H15N/c1-7(19)24-4-13(5-25-26(21,22)23)2-8(13)3-18-6-15-9-10(18)16-12(14)17-11(9)20;1-4-7(5-2)6-3/h3,6H,2,4-5H2,1H3,(H2,21,22,23)(H3,14,16,17,20);4-6H2,1-3H3/b8-3-;. The number of hydrogen-bond acceptors (Lipinski definition) is 9. The van der Waals surface area contributed by atoms with E-state index in [4.69, 9.17) is 20.3 Å². The largest absolute Gasteiger partial charge is 0.469 e. The smallest absolute Gasteiger partial charge is 0.465 e. The molecule has 13 nitrogen and oxygen atoms in total. The van der Waals surface area contributed by atoms with Gasteiger partial charge >= 0.3 is 13.8 Å². The number of esters is 1. The van der Waals surface area contributed by atoms with Gasteiger partial charge in [-0.25, -0.2) is 9.55 Å². The summed E-state index contributed by atoms with van der Waals surface area (Å²) < 4.78 is 22.0. The van der Waals surface area contributed by atoms with Crippen molar-refractivity contribution in [3.63, 3.8) is 0 Å². The highest BCUT2D eigenvalue weighted by Gasteiger charge is 2.51. The molecule has 5 N–H and O–H groups in total. The summed E-state index contributed by atoms with van der Waals surface area (Å²) in [5.41, 5.74) is 5.19. The Bertz CT molecular complexity index is 1100. The number of carbonyl (C=O) groups excluding carboxylic acids is 1. The molecule has 0 aliphatic heterocycles. The SMILES string of the molecule is CC(=O)OCC1(COP(=O)(O)O)C/C1=C/n1cnc2c(=O)[nH]c(N)nc21.CCN(CC)CC. The molecule has 0 bridgehead atoms. The number of ether oxygens (including phenoxy) is 1. The highest BCUT2D eigenvalue weighted by molar-refractivity contribution is 7.46. The molecule has 2 aromatic rings. The minimum absolute atomic E-state index is 0.0746. The summed E-state index contributed by atoms with van der Waals surface area (Å²) in [6.07, 6.45) is 3.32. The number of phosphoric acid groups is 1. The Labute approximate surface area is 190 Å². The fourth-order valence-corrected chi connectivity index (χ4v) is 3.57. The topological polar surface area (TPSA) is 186 Å². The number of nitrogens with two attached hydrogens (primary N) is 1. The van der Waals surface area contributed by atoms with Crippen LogP contribution >= 0.6 is 7.82 Å². The molecule has 1 saturated carbocycles. The van der Waals surface area contributed by atoms with Crippen LogP contribution in [-0.2, 0) is 18.6 Å². The summed E-state index contributed by atoms with van der Waals surface area (Å²) in [5.74, 6) is -0.602. The van der Waals surface area contributed by atoms with E-state index in [1.807, 2.05) is 0 Å². The van der Waals surface area contributed by atoms with Gasteiger partial charge in [0.1, 0.15) is 12.9 Å². The number of H-pyrrole nitrogens is 1. The van der Waals surface area contributed by atoms with Crippen molar-refractivity contribution in [2.45, 2.75) is 34.1 Å². The summed E-state index contributed by atoms with van der Waals surface area (Å²) in [6, 6.07) is 0. The molecule has 1 aliphatic carbocycles. The number of nitrogens with zero attached hydrogens (tertiary/aromatic N) is 4. The van der Waals surface area contributed by atoms with Crippen LogP contribution in [0.2, 0.25) is 0 Å². The van der Waals surface area contributed by atoms with Crippen molar-refractivity contribution in [2.24, 2.45) is 5.41 Å². The van der Waals surface area contributed by atoms with Gasteiger partial charge in [-0.3, -0.25) is 23.7 Å². The highest BCUT2D eigenvalue weighted by Crippen LogP contribution is 2.55. The molecule has 0 amide bonds. The van der Waals surface area contributed by atoms with E-state index in [1.165, 1.54) is 37.5 Å². The summed E-state index contributed by atoms with van der Waals surface area (Å²) in [4.78, 5) is 53.4. The van der Waals surface area contributed by atoms with Crippen molar-refractivity contribution in [1.29, 1.82) is 0 Å². The molecule has 1 unspecified atom stereocenters. The molecular formula is C19H31N6O7P. The minimum Gasteiger partial charge on any atom is -0.465 e. The van der Waals surface area contributed by atoms with Gasteiger partial charge in [-0.1, -0.05) is 20.8 Å². The molecule has 1 fully saturated rings. The zero-order valence-corrected chi connectivity index (χ0v) is 20.0. The van der Waals surface area contributed by atoms with Gasteiger partial charge in [0.15, 0.2) is 11.2 Å². The zero-order chi connectivity index (χ0) is 24.8. The van der Waals surface area contributed by atoms with Crippen LogP contribution in [-0.4, -0.2) is 73.0 Å². The zero-order valence-electron chi connectivity index (χ0n) is 19.1. The highest BCUT2D eigenvalue weighted by atomic mass is 31.2. The summed E-state index contributed by atoms with van der Waals surface area (Å²) in [5, 5.41) is 0. The third kappa shape index (κ3) is 7.47. The maximum absolute atomic E-state index is 11.8. The Balaban J connectivity index is 0.000000479. The van der Waals surface area contributed by atoms with Gasteiger partial charge in [-0.2, -0.15) is 4.98 Å². The van der Waals surface area contributed by atoms with Crippen molar-refractivity contribution in [3.8, 4) is 0 Å². The van der Waals surface area contributed by atoms with Crippen LogP contribution in [0.3, 0.4) is 0 Å². The molecule has 1 atom stereocenters. The average Bonchev–Trinajstić information content (AvgIpc) is 3.27. The first kappa shape index (κ1) is 26.7.